The van der Waals surface area contributed by atoms with Crippen molar-refractivity contribution in [2.45, 2.75) is 18.5 Å². The minimum absolute atomic E-state index is 0.0210. The topological polar surface area (TPSA) is 81.1 Å². The van der Waals surface area contributed by atoms with Gasteiger partial charge in [0.15, 0.2) is 0 Å². The molecule has 4 aromatic rings. The number of nitrogens with zero attached hydrogens (tertiary/aromatic N) is 3. The number of carbonyl (C=O) groups excluding carboxylic acids is 1. The summed E-state index contributed by atoms with van der Waals surface area (Å²) >= 11 is 6.56. The van der Waals surface area contributed by atoms with Gasteiger partial charge in [0, 0.05) is 11.1 Å². The number of hydrogen-bond acceptors (Lipinski definition) is 5. The fourth-order valence-electron chi connectivity index (χ4n) is 4.18. The molecule has 0 radical (unpaired) electrons. The fourth-order valence-corrected chi connectivity index (χ4v) is 4.44. The van der Waals surface area contributed by atoms with Gasteiger partial charge in [-0.1, -0.05) is 72.3 Å². The molecule has 2 heterocycles. The van der Waals surface area contributed by atoms with Gasteiger partial charge in [0.1, 0.15) is 5.75 Å². The van der Waals surface area contributed by atoms with E-state index >= 15 is 0 Å². The molecule has 8 heteroatoms. The van der Waals surface area contributed by atoms with Crippen molar-refractivity contribution in [3.8, 4) is 5.75 Å². The van der Waals surface area contributed by atoms with E-state index < -0.39 is 0 Å². The molecule has 0 saturated carbocycles. The van der Waals surface area contributed by atoms with Crippen LogP contribution in [0.15, 0.2) is 84.9 Å². The van der Waals surface area contributed by atoms with Crippen molar-refractivity contribution in [1.29, 1.82) is 0 Å². The number of fused-ring (bicyclic) bond motifs is 1. The Balaban J connectivity index is 1.40. The van der Waals surface area contributed by atoms with Gasteiger partial charge in [0.2, 0.25) is 5.95 Å². The lowest BCUT2D eigenvalue weighted by atomic mass is 9.93. The number of nitrogens with one attached hydrogen (secondary N) is 2. The molecule has 7 nitrogen and oxygen atoms in total. The highest BCUT2D eigenvalue weighted by molar-refractivity contribution is 6.31. The number of benzene rings is 3. The van der Waals surface area contributed by atoms with Crippen LogP contribution in [0, 0.1) is 0 Å². The molecule has 1 aliphatic rings. The van der Waals surface area contributed by atoms with Crippen molar-refractivity contribution >= 4 is 35.5 Å². The van der Waals surface area contributed by atoms with E-state index in [0.717, 1.165) is 28.9 Å². The monoisotopic (exact) mass is 485 g/mol. The molecule has 0 fully saturated rings. The highest BCUT2D eigenvalue weighted by Crippen LogP contribution is 2.40. The number of rotatable bonds is 6. The van der Waals surface area contributed by atoms with Crippen LogP contribution in [0.1, 0.15) is 35.2 Å². The molecule has 0 unspecified atom stereocenters. The molecule has 0 saturated heterocycles. The van der Waals surface area contributed by atoms with E-state index in [2.05, 4.69) is 32.8 Å². The smallest absolute Gasteiger partial charge is 0.250 e. The number of aromatic nitrogens is 3. The van der Waals surface area contributed by atoms with Crippen LogP contribution in [-0.2, 0) is 4.79 Å². The zero-order chi connectivity index (χ0) is 24.2. The summed E-state index contributed by atoms with van der Waals surface area (Å²) in [5.41, 5.74) is 2.98. The molecule has 2 N–H and O–H groups in total. The Morgan fingerprint density at radius 3 is 2.57 bits per heavy atom. The van der Waals surface area contributed by atoms with E-state index in [1.54, 1.807) is 17.9 Å². The van der Waals surface area contributed by atoms with Crippen molar-refractivity contribution in [3.63, 3.8) is 0 Å². The predicted molar refractivity (Wildman–Crippen MR) is 138 cm³/mol. The molecule has 1 amide bonds. The van der Waals surface area contributed by atoms with Crippen LogP contribution in [0.5, 0.6) is 5.75 Å². The average Bonchev–Trinajstić information content (AvgIpc) is 3.30. The van der Waals surface area contributed by atoms with E-state index in [1.165, 1.54) is 6.08 Å². The van der Waals surface area contributed by atoms with E-state index in [9.17, 15) is 4.79 Å². The maximum Gasteiger partial charge on any atom is 0.250 e. The predicted octanol–water partition coefficient (Wildman–Crippen LogP) is 5.74. The van der Waals surface area contributed by atoms with Gasteiger partial charge in [-0.3, -0.25) is 10.1 Å². The lowest BCUT2D eigenvalue weighted by Crippen LogP contribution is -2.28. The highest BCUT2D eigenvalue weighted by Gasteiger charge is 2.32. The molecule has 0 aliphatic carbocycles. The highest BCUT2D eigenvalue weighted by atomic mass is 35.5. The van der Waals surface area contributed by atoms with E-state index in [-0.39, 0.29) is 23.9 Å². The minimum Gasteiger partial charge on any atom is -0.497 e. The van der Waals surface area contributed by atoms with Crippen LogP contribution < -0.4 is 15.4 Å². The third-order valence-electron chi connectivity index (χ3n) is 5.93. The average molecular weight is 486 g/mol. The SMILES string of the molecule is COc1ccc(/C=C/C(=O)Nc2nc3n(n2)[C@H](c2ccccc2Cl)C[C@H](c2ccccc2)N3)cc1. The largest absolute Gasteiger partial charge is 0.497 e. The van der Waals surface area contributed by atoms with Crippen LogP contribution in [0.25, 0.3) is 6.08 Å². The number of ether oxygens (including phenoxy) is 1. The quantitative estimate of drug-likeness (QED) is 0.340. The van der Waals surface area contributed by atoms with Gasteiger partial charge in [-0.15, -0.1) is 5.10 Å². The Hall–Kier alpha value is -4.10. The third kappa shape index (κ3) is 5.05. The summed E-state index contributed by atoms with van der Waals surface area (Å²) in [6.07, 6.45) is 3.91. The summed E-state index contributed by atoms with van der Waals surface area (Å²) in [4.78, 5) is 17.1. The molecule has 1 aliphatic heterocycles. The summed E-state index contributed by atoms with van der Waals surface area (Å²) in [6.45, 7) is 0. The molecular weight excluding hydrogens is 462 g/mol. The van der Waals surface area contributed by atoms with Crippen LogP contribution in [0.2, 0.25) is 5.02 Å². The first-order valence-corrected chi connectivity index (χ1v) is 11.6. The lowest BCUT2D eigenvalue weighted by Gasteiger charge is -2.32. The number of carbonyl (C=O) groups is 1. The Labute approximate surface area is 208 Å². The van der Waals surface area contributed by atoms with Crippen LogP contribution in [0.4, 0.5) is 11.9 Å². The number of methoxy groups -OCH3 is 1. The van der Waals surface area contributed by atoms with Crippen LogP contribution in [0.3, 0.4) is 0 Å². The first-order chi connectivity index (χ1) is 17.1. The van der Waals surface area contributed by atoms with Crippen molar-refractivity contribution in [2.75, 3.05) is 17.7 Å². The maximum absolute atomic E-state index is 12.6. The van der Waals surface area contributed by atoms with E-state index in [4.69, 9.17) is 16.3 Å². The maximum atomic E-state index is 12.6. The summed E-state index contributed by atoms with van der Waals surface area (Å²) in [7, 11) is 1.61. The van der Waals surface area contributed by atoms with E-state index in [0.29, 0.717) is 11.0 Å². The van der Waals surface area contributed by atoms with Gasteiger partial charge in [-0.05, 0) is 47.4 Å². The van der Waals surface area contributed by atoms with Crippen LogP contribution in [-0.4, -0.2) is 27.8 Å². The molecule has 176 valence electrons. The summed E-state index contributed by atoms with van der Waals surface area (Å²) in [5, 5.41) is 11.5. The van der Waals surface area contributed by atoms with Crippen molar-refractivity contribution in [1.82, 2.24) is 14.8 Å². The second kappa shape index (κ2) is 10.0. The Morgan fingerprint density at radius 2 is 1.83 bits per heavy atom. The molecular formula is C27H24ClN5O2. The molecule has 35 heavy (non-hydrogen) atoms. The van der Waals surface area contributed by atoms with E-state index in [1.807, 2.05) is 66.7 Å². The van der Waals surface area contributed by atoms with Gasteiger partial charge in [-0.25, -0.2) is 4.68 Å². The molecule has 2 atom stereocenters. The standard InChI is InChI=1S/C27H24ClN5O2/c1-35-20-14-11-18(12-15-20)13-16-25(34)30-26-31-27-29-23(19-7-3-2-4-8-19)17-24(33(27)32-26)21-9-5-6-10-22(21)28/h2-16,23-24H,17H2,1H3,(H2,29,30,31,32,34)/b16-13+/t23-,24+/m1/s1. The molecule has 0 spiro atoms. The number of halogens is 1. The Kier molecular flexibility index (Phi) is 6.50. The Bertz CT molecular complexity index is 1350. The van der Waals surface area contributed by atoms with Crippen LogP contribution >= 0.6 is 11.6 Å². The number of anilines is 2. The van der Waals surface area contributed by atoms with Crippen molar-refractivity contribution in [2.24, 2.45) is 0 Å². The second-order valence-corrected chi connectivity index (χ2v) is 8.59. The zero-order valence-corrected chi connectivity index (χ0v) is 19.8. The minimum atomic E-state index is -0.322. The van der Waals surface area contributed by atoms with Crippen molar-refractivity contribution in [3.05, 3.63) is 107 Å². The molecule has 5 rings (SSSR count). The fraction of sp³-hybridized carbons (Fsp3) is 0.148. The van der Waals surface area contributed by atoms with Gasteiger partial charge in [0.05, 0.1) is 19.2 Å². The summed E-state index contributed by atoms with van der Waals surface area (Å²) in [6, 6.07) is 25.2. The first-order valence-electron chi connectivity index (χ1n) is 11.3. The summed E-state index contributed by atoms with van der Waals surface area (Å²) < 4.78 is 6.96. The van der Waals surface area contributed by atoms with Gasteiger partial charge in [0.25, 0.3) is 11.9 Å². The van der Waals surface area contributed by atoms with Gasteiger partial charge in [-0.2, -0.15) is 4.98 Å². The third-order valence-corrected chi connectivity index (χ3v) is 6.28. The van der Waals surface area contributed by atoms with Gasteiger partial charge < -0.3 is 10.1 Å². The second-order valence-electron chi connectivity index (χ2n) is 8.18. The molecule has 0 bridgehead atoms. The van der Waals surface area contributed by atoms with Crippen molar-refractivity contribution < 1.29 is 9.53 Å². The normalized spacial score (nSPS) is 17.0. The lowest BCUT2D eigenvalue weighted by molar-refractivity contribution is -0.111. The number of amides is 1. The molecule has 1 aromatic heterocycles. The summed E-state index contributed by atoms with van der Waals surface area (Å²) in [5.74, 6) is 1.23. The Morgan fingerprint density at radius 1 is 1.09 bits per heavy atom. The molecule has 3 aromatic carbocycles. The first kappa shape index (κ1) is 22.7. The van der Waals surface area contributed by atoms with Gasteiger partial charge >= 0.3 is 0 Å². The number of hydrogen-bond donors (Lipinski definition) is 2. The zero-order valence-electron chi connectivity index (χ0n) is 19.1.